The lowest BCUT2D eigenvalue weighted by atomic mass is 10.1. The maximum Gasteiger partial charge on any atom is 0.256 e. The van der Waals surface area contributed by atoms with Crippen LogP contribution in [0.4, 0.5) is 5.69 Å². The van der Waals surface area contributed by atoms with Crippen LogP contribution < -0.4 is 5.32 Å². The van der Waals surface area contributed by atoms with E-state index in [1.807, 2.05) is 24.0 Å². The molecule has 0 heterocycles. The van der Waals surface area contributed by atoms with Gasteiger partial charge in [0.05, 0.1) is 5.56 Å². The molecule has 1 aromatic carbocycles. The summed E-state index contributed by atoms with van der Waals surface area (Å²) in [6.45, 7) is 6.61. The third-order valence-corrected chi connectivity index (χ3v) is 3.86. The van der Waals surface area contributed by atoms with E-state index in [0.717, 1.165) is 31.7 Å². The minimum atomic E-state index is 0.0838. The Labute approximate surface area is 126 Å². The number of nitrogens with zero attached hydrogens (tertiary/aromatic N) is 1. The van der Waals surface area contributed by atoms with Crippen molar-refractivity contribution in [1.29, 1.82) is 0 Å². The number of carbonyl (C=O) groups is 1. The monoisotopic (exact) mass is 294 g/mol. The van der Waals surface area contributed by atoms with Gasteiger partial charge in [-0.05, 0) is 50.3 Å². The topological polar surface area (TPSA) is 32.3 Å². The summed E-state index contributed by atoms with van der Waals surface area (Å²) in [5.74, 6) is 0.783. The van der Waals surface area contributed by atoms with E-state index in [0.29, 0.717) is 16.5 Å². The highest BCUT2D eigenvalue weighted by Gasteiger charge is 2.27. The van der Waals surface area contributed by atoms with Crippen molar-refractivity contribution < 1.29 is 4.79 Å². The Morgan fingerprint density at radius 1 is 1.40 bits per heavy atom. The summed E-state index contributed by atoms with van der Waals surface area (Å²) in [4.78, 5) is 14.6. The molecule has 4 heteroatoms. The van der Waals surface area contributed by atoms with Crippen LogP contribution in [0, 0.1) is 5.92 Å². The summed E-state index contributed by atoms with van der Waals surface area (Å²) in [6, 6.07) is 5.50. The van der Waals surface area contributed by atoms with Gasteiger partial charge in [0.1, 0.15) is 0 Å². The van der Waals surface area contributed by atoms with Crippen LogP contribution in [0.5, 0.6) is 0 Å². The number of nitrogens with one attached hydrogen (secondary N) is 1. The van der Waals surface area contributed by atoms with Crippen molar-refractivity contribution in [2.75, 3.05) is 25.0 Å². The second kappa shape index (κ2) is 6.98. The smallest absolute Gasteiger partial charge is 0.256 e. The lowest BCUT2D eigenvalue weighted by Gasteiger charge is -2.22. The van der Waals surface area contributed by atoms with Crippen molar-refractivity contribution in [2.24, 2.45) is 5.92 Å². The first-order valence-electron chi connectivity index (χ1n) is 7.48. The van der Waals surface area contributed by atoms with Crippen LogP contribution in [0.1, 0.15) is 43.5 Å². The molecule has 0 radical (unpaired) electrons. The maximum atomic E-state index is 12.7. The quantitative estimate of drug-likeness (QED) is 0.823. The summed E-state index contributed by atoms with van der Waals surface area (Å²) in [5.41, 5.74) is 1.57. The maximum absolute atomic E-state index is 12.7. The standard InChI is InChI=1S/C16H23ClN2O/c1-3-9-18-15-8-7-13(17)10-14(15)16(20)19(4-2)11-12-5-6-12/h7-8,10,12,18H,3-6,9,11H2,1-2H3. The zero-order valence-electron chi connectivity index (χ0n) is 12.3. The molecule has 0 atom stereocenters. The molecule has 0 unspecified atom stereocenters. The van der Waals surface area contributed by atoms with Gasteiger partial charge in [-0.2, -0.15) is 0 Å². The molecule has 0 spiro atoms. The van der Waals surface area contributed by atoms with Gasteiger partial charge in [0.2, 0.25) is 0 Å². The second-order valence-electron chi connectivity index (χ2n) is 5.40. The van der Waals surface area contributed by atoms with Crippen LogP contribution in [0.25, 0.3) is 0 Å². The fraction of sp³-hybridized carbons (Fsp3) is 0.562. The summed E-state index contributed by atoms with van der Waals surface area (Å²) < 4.78 is 0. The van der Waals surface area contributed by atoms with E-state index >= 15 is 0 Å². The molecule has 20 heavy (non-hydrogen) atoms. The first-order valence-corrected chi connectivity index (χ1v) is 7.86. The van der Waals surface area contributed by atoms with Gasteiger partial charge in [-0.3, -0.25) is 4.79 Å². The van der Waals surface area contributed by atoms with Crippen molar-refractivity contribution >= 4 is 23.2 Å². The first-order chi connectivity index (χ1) is 9.65. The molecule has 2 rings (SSSR count). The number of hydrogen-bond acceptors (Lipinski definition) is 2. The Hall–Kier alpha value is -1.22. The number of carbonyl (C=O) groups excluding carboxylic acids is 1. The van der Waals surface area contributed by atoms with Gasteiger partial charge in [-0.15, -0.1) is 0 Å². The van der Waals surface area contributed by atoms with Gasteiger partial charge in [-0.25, -0.2) is 0 Å². The summed E-state index contributed by atoms with van der Waals surface area (Å²) in [6.07, 6.45) is 3.52. The van der Waals surface area contributed by atoms with Crippen LogP contribution in [-0.2, 0) is 0 Å². The Kier molecular flexibility index (Phi) is 5.30. The van der Waals surface area contributed by atoms with Gasteiger partial charge in [0.25, 0.3) is 5.91 Å². The van der Waals surface area contributed by atoms with Gasteiger partial charge in [-0.1, -0.05) is 18.5 Å². The molecule has 1 fully saturated rings. The van der Waals surface area contributed by atoms with Crippen LogP contribution in [0.2, 0.25) is 5.02 Å². The zero-order valence-corrected chi connectivity index (χ0v) is 13.0. The molecule has 3 nitrogen and oxygen atoms in total. The SMILES string of the molecule is CCCNc1ccc(Cl)cc1C(=O)N(CC)CC1CC1. The number of hydrogen-bond donors (Lipinski definition) is 1. The van der Waals surface area contributed by atoms with Crippen molar-refractivity contribution in [2.45, 2.75) is 33.1 Å². The van der Waals surface area contributed by atoms with Crippen LogP contribution in [0.15, 0.2) is 18.2 Å². The Balaban J connectivity index is 2.18. The molecule has 1 saturated carbocycles. The van der Waals surface area contributed by atoms with Crippen LogP contribution >= 0.6 is 11.6 Å². The van der Waals surface area contributed by atoms with Gasteiger partial charge in [0.15, 0.2) is 0 Å². The highest BCUT2D eigenvalue weighted by molar-refractivity contribution is 6.31. The number of anilines is 1. The van der Waals surface area contributed by atoms with E-state index < -0.39 is 0 Å². The molecule has 110 valence electrons. The molecular weight excluding hydrogens is 272 g/mol. The molecule has 1 N–H and O–H groups in total. The summed E-state index contributed by atoms with van der Waals surface area (Å²) in [5, 5.41) is 3.92. The molecule has 1 aliphatic carbocycles. The lowest BCUT2D eigenvalue weighted by Crippen LogP contribution is -2.33. The zero-order chi connectivity index (χ0) is 14.5. The molecular formula is C16H23ClN2O. The largest absolute Gasteiger partial charge is 0.384 e. The fourth-order valence-corrected chi connectivity index (χ4v) is 2.42. The third kappa shape index (κ3) is 3.89. The molecule has 1 aromatic rings. The number of amides is 1. The van der Waals surface area contributed by atoms with Crippen molar-refractivity contribution in [3.63, 3.8) is 0 Å². The Morgan fingerprint density at radius 2 is 2.15 bits per heavy atom. The minimum Gasteiger partial charge on any atom is -0.384 e. The second-order valence-corrected chi connectivity index (χ2v) is 5.84. The van der Waals surface area contributed by atoms with Gasteiger partial charge < -0.3 is 10.2 Å². The van der Waals surface area contributed by atoms with E-state index in [1.54, 1.807) is 6.07 Å². The highest BCUT2D eigenvalue weighted by Crippen LogP contribution is 2.31. The summed E-state index contributed by atoms with van der Waals surface area (Å²) in [7, 11) is 0. The summed E-state index contributed by atoms with van der Waals surface area (Å²) >= 11 is 6.06. The van der Waals surface area contributed by atoms with Crippen molar-refractivity contribution in [1.82, 2.24) is 4.90 Å². The van der Waals surface area contributed by atoms with Crippen molar-refractivity contribution in [3.8, 4) is 0 Å². The van der Waals surface area contributed by atoms with Crippen LogP contribution in [0.3, 0.4) is 0 Å². The number of rotatable bonds is 7. The lowest BCUT2D eigenvalue weighted by molar-refractivity contribution is 0.0758. The van der Waals surface area contributed by atoms with Crippen LogP contribution in [-0.4, -0.2) is 30.4 Å². The molecule has 0 aromatic heterocycles. The van der Waals surface area contributed by atoms with Crippen molar-refractivity contribution in [3.05, 3.63) is 28.8 Å². The predicted molar refractivity (Wildman–Crippen MR) is 84.5 cm³/mol. The van der Waals surface area contributed by atoms with Gasteiger partial charge in [0, 0.05) is 30.3 Å². The highest BCUT2D eigenvalue weighted by atomic mass is 35.5. The number of benzene rings is 1. The first kappa shape index (κ1) is 15.2. The number of halogens is 1. The Bertz CT molecular complexity index is 472. The molecule has 0 saturated heterocycles. The van der Waals surface area contributed by atoms with E-state index in [-0.39, 0.29) is 5.91 Å². The molecule has 1 amide bonds. The fourth-order valence-electron chi connectivity index (χ4n) is 2.25. The Morgan fingerprint density at radius 3 is 2.75 bits per heavy atom. The average Bonchev–Trinajstić information content (AvgIpc) is 3.26. The predicted octanol–water partition coefficient (Wildman–Crippen LogP) is 4.03. The molecule has 0 bridgehead atoms. The third-order valence-electron chi connectivity index (χ3n) is 3.62. The van der Waals surface area contributed by atoms with E-state index in [9.17, 15) is 4.79 Å². The van der Waals surface area contributed by atoms with E-state index in [4.69, 9.17) is 11.6 Å². The normalized spacial score (nSPS) is 14.2. The molecule has 1 aliphatic rings. The van der Waals surface area contributed by atoms with E-state index in [1.165, 1.54) is 12.8 Å². The molecule has 0 aliphatic heterocycles. The minimum absolute atomic E-state index is 0.0838. The van der Waals surface area contributed by atoms with Gasteiger partial charge >= 0.3 is 0 Å². The van der Waals surface area contributed by atoms with E-state index in [2.05, 4.69) is 12.2 Å². The average molecular weight is 295 g/mol.